The van der Waals surface area contributed by atoms with Gasteiger partial charge in [0.25, 0.3) is 0 Å². The topological polar surface area (TPSA) is 160 Å². The molecule has 0 aliphatic carbocycles. The lowest BCUT2D eigenvalue weighted by Crippen LogP contribution is -2.75. The van der Waals surface area contributed by atoms with Gasteiger partial charge in [-0.15, -0.1) is 0 Å². The largest absolute Gasteiger partial charge is 0.388 e. The van der Waals surface area contributed by atoms with Crippen LogP contribution in [0.2, 0.25) is 0 Å². The van der Waals surface area contributed by atoms with Crippen molar-refractivity contribution in [2.45, 2.75) is 74.6 Å². The second-order valence-electron chi connectivity index (χ2n) is 5.75. The number of hydrogen-bond donors (Lipinski definition) is 7. The van der Waals surface area contributed by atoms with E-state index in [2.05, 4.69) is 0 Å². The van der Waals surface area contributed by atoms with E-state index in [4.69, 9.17) is 9.47 Å². The van der Waals surface area contributed by atoms with Crippen molar-refractivity contribution in [3.05, 3.63) is 0 Å². The molecule has 0 aromatic rings. The highest BCUT2D eigenvalue weighted by molar-refractivity contribution is 5.09. The molecule has 0 radical (unpaired) electrons. The minimum atomic E-state index is -2.57. The van der Waals surface area contributed by atoms with Crippen LogP contribution >= 0.6 is 0 Å². The molecule has 2 heterocycles. The van der Waals surface area contributed by atoms with Gasteiger partial charge in [-0.3, -0.25) is 0 Å². The third kappa shape index (κ3) is 2.48. The Morgan fingerprint density at radius 1 is 0.714 bits per heavy atom. The lowest BCUT2D eigenvalue weighted by atomic mass is 9.77. The van der Waals surface area contributed by atoms with E-state index in [0.717, 1.165) is 0 Å². The SMILES string of the molecule is C[C@H]1O[C@H](O)[C@@](O)([C@@H]2O[C@H](C)[C@@H](O)[C@H](O)[C@H]2O)[C@@H](O)[C@@H]1O. The minimum absolute atomic E-state index is 0.955. The molecule has 0 unspecified atom stereocenters. The standard InChI is InChI=1S/C12H22O9/c1-3-5(13)7(15)8(16)10(20-3)12(19)9(17)6(14)4(2)21-11(12)18/h3-11,13-19H,1-2H3/t3-,4-,5-,6-,7+,8-,9+,10-,11+,12+/m1/s1. The summed E-state index contributed by atoms with van der Waals surface area (Å²) >= 11 is 0. The summed E-state index contributed by atoms with van der Waals surface area (Å²) in [6, 6.07) is 0. The minimum Gasteiger partial charge on any atom is -0.388 e. The maximum Gasteiger partial charge on any atom is 0.189 e. The number of aliphatic hydroxyl groups is 7. The van der Waals surface area contributed by atoms with Gasteiger partial charge in [0.05, 0.1) is 12.2 Å². The van der Waals surface area contributed by atoms with Crippen molar-refractivity contribution in [2.75, 3.05) is 0 Å². The van der Waals surface area contributed by atoms with Gasteiger partial charge in [0.1, 0.15) is 36.6 Å². The fourth-order valence-corrected chi connectivity index (χ4v) is 2.81. The van der Waals surface area contributed by atoms with Crippen LogP contribution in [0.25, 0.3) is 0 Å². The smallest absolute Gasteiger partial charge is 0.189 e. The van der Waals surface area contributed by atoms with Gasteiger partial charge in [0, 0.05) is 0 Å². The molecule has 124 valence electrons. The van der Waals surface area contributed by atoms with Crippen LogP contribution < -0.4 is 0 Å². The first-order valence-electron chi connectivity index (χ1n) is 6.74. The summed E-state index contributed by atoms with van der Waals surface area (Å²) < 4.78 is 10.2. The molecule has 9 nitrogen and oxygen atoms in total. The van der Waals surface area contributed by atoms with E-state index in [-0.39, 0.29) is 0 Å². The van der Waals surface area contributed by atoms with Crippen LogP contribution in [-0.2, 0) is 9.47 Å². The van der Waals surface area contributed by atoms with Crippen molar-refractivity contribution in [2.24, 2.45) is 0 Å². The molecule has 2 saturated heterocycles. The molecule has 21 heavy (non-hydrogen) atoms. The zero-order valence-corrected chi connectivity index (χ0v) is 11.6. The summed E-state index contributed by atoms with van der Waals surface area (Å²) in [7, 11) is 0. The van der Waals surface area contributed by atoms with Crippen LogP contribution in [0.15, 0.2) is 0 Å². The molecule has 2 aliphatic heterocycles. The maximum atomic E-state index is 10.6. The molecule has 0 amide bonds. The molecule has 0 aromatic heterocycles. The van der Waals surface area contributed by atoms with Crippen LogP contribution in [0.3, 0.4) is 0 Å². The van der Waals surface area contributed by atoms with Crippen molar-refractivity contribution >= 4 is 0 Å². The average molecular weight is 310 g/mol. The van der Waals surface area contributed by atoms with E-state index in [1.54, 1.807) is 0 Å². The first-order chi connectivity index (χ1) is 9.62. The Morgan fingerprint density at radius 2 is 1.24 bits per heavy atom. The fourth-order valence-electron chi connectivity index (χ4n) is 2.81. The Kier molecular flexibility index (Phi) is 4.60. The molecule has 9 heteroatoms. The Balaban J connectivity index is 2.33. The normalized spacial score (nSPS) is 59.0. The molecule has 7 N–H and O–H groups in total. The molecule has 2 fully saturated rings. The first-order valence-corrected chi connectivity index (χ1v) is 6.74. The van der Waals surface area contributed by atoms with Crippen molar-refractivity contribution in [1.29, 1.82) is 0 Å². The highest BCUT2D eigenvalue weighted by Gasteiger charge is 2.63. The highest BCUT2D eigenvalue weighted by atomic mass is 16.6. The number of ether oxygens (including phenoxy) is 2. The summed E-state index contributed by atoms with van der Waals surface area (Å²) in [6.07, 6.45) is -13.8. The van der Waals surface area contributed by atoms with E-state index in [0.29, 0.717) is 0 Å². The second kappa shape index (κ2) is 5.69. The van der Waals surface area contributed by atoms with Gasteiger partial charge < -0.3 is 45.2 Å². The van der Waals surface area contributed by atoms with E-state index in [1.807, 2.05) is 0 Å². The Morgan fingerprint density at radius 3 is 1.81 bits per heavy atom. The van der Waals surface area contributed by atoms with E-state index in [9.17, 15) is 35.7 Å². The Bertz CT molecular complexity index is 380. The summed E-state index contributed by atoms with van der Waals surface area (Å²) in [4.78, 5) is 0. The van der Waals surface area contributed by atoms with Crippen molar-refractivity contribution in [1.82, 2.24) is 0 Å². The van der Waals surface area contributed by atoms with Crippen LogP contribution in [-0.4, -0.2) is 96.5 Å². The third-order valence-corrected chi connectivity index (χ3v) is 4.33. The van der Waals surface area contributed by atoms with Crippen LogP contribution in [0.1, 0.15) is 13.8 Å². The number of rotatable bonds is 1. The highest BCUT2D eigenvalue weighted by Crippen LogP contribution is 2.37. The molecule has 2 rings (SSSR count). The van der Waals surface area contributed by atoms with Gasteiger partial charge in [-0.25, -0.2) is 0 Å². The quantitative estimate of drug-likeness (QED) is 0.256. The van der Waals surface area contributed by atoms with Crippen molar-refractivity contribution in [3.63, 3.8) is 0 Å². The van der Waals surface area contributed by atoms with Gasteiger partial charge in [0.15, 0.2) is 11.9 Å². The summed E-state index contributed by atoms with van der Waals surface area (Å²) in [5.41, 5.74) is -2.57. The monoisotopic (exact) mass is 310 g/mol. The number of aliphatic hydroxyl groups excluding tert-OH is 6. The van der Waals surface area contributed by atoms with Gasteiger partial charge in [0.2, 0.25) is 0 Å². The van der Waals surface area contributed by atoms with Gasteiger partial charge in [-0.1, -0.05) is 0 Å². The molecule has 0 aromatic carbocycles. The number of hydrogen-bond acceptors (Lipinski definition) is 9. The zero-order valence-electron chi connectivity index (χ0n) is 11.6. The van der Waals surface area contributed by atoms with Gasteiger partial charge in [-0.2, -0.15) is 0 Å². The summed E-state index contributed by atoms with van der Waals surface area (Å²) in [5.74, 6) is 0. The maximum absolute atomic E-state index is 10.6. The van der Waals surface area contributed by atoms with Gasteiger partial charge >= 0.3 is 0 Å². The molecule has 0 saturated carbocycles. The van der Waals surface area contributed by atoms with Crippen LogP contribution in [0.5, 0.6) is 0 Å². The Hall–Kier alpha value is -0.360. The predicted octanol–water partition coefficient (Wildman–Crippen LogP) is -3.95. The lowest BCUT2D eigenvalue weighted by molar-refractivity contribution is -0.373. The molecule has 2 aliphatic rings. The molecule has 0 bridgehead atoms. The van der Waals surface area contributed by atoms with Gasteiger partial charge in [-0.05, 0) is 13.8 Å². The first kappa shape index (κ1) is 17.0. The molecular formula is C12H22O9. The molecular weight excluding hydrogens is 288 g/mol. The van der Waals surface area contributed by atoms with E-state index >= 15 is 0 Å². The third-order valence-electron chi connectivity index (χ3n) is 4.33. The van der Waals surface area contributed by atoms with Crippen molar-refractivity contribution in [3.8, 4) is 0 Å². The second-order valence-corrected chi connectivity index (χ2v) is 5.75. The van der Waals surface area contributed by atoms with Crippen LogP contribution in [0, 0.1) is 0 Å². The fraction of sp³-hybridized carbons (Fsp3) is 1.00. The molecule has 0 spiro atoms. The Labute approximate surface area is 121 Å². The van der Waals surface area contributed by atoms with Crippen molar-refractivity contribution < 1.29 is 45.2 Å². The predicted molar refractivity (Wildman–Crippen MR) is 65.9 cm³/mol. The average Bonchev–Trinajstić information content (AvgIpc) is 2.44. The van der Waals surface area contributed by atoms with Crippen LogP contribution in [0.4, 0.5) is 0 Å². The molecule has 10 atom stereocenters. The summed E-state index contributed by atoms with van der Waals surface area (Å²) in [6.45, 7) is 2.77. The summed E-state index contributed by atoms with van der Waals surface area (Å²) in [5, 5.41) is 69.7. The lowest BCUT2D eigenvalue weighted by Gasteiger charge is -2.53. The zero-order chi connectivity index (χ0) is 16.1. The van der Waals surface area contributed by atoms with E-state index < -0.39 is 60.7 Å². The van der Waals surface area contributed by atoms with E-state index in [1.165, 1.54) is 13.8 Å².